The third kappa shape index (κ3) is 7.07. The summed E-state index contributed by atoms with van der Waals surface area (Å²) in [4.78, 5) is 4.68. The summed E-state index contributed by atoms with van der Waals surface area (Å²) >= 11 is 0. The summed E-state index contributed by atoms with van der Waals surface area (Å²) in [6.07, 6.45) is 6.03. The Bertz CT molecular complexity index is 457. The molecule has 1 aromatic rings. The molecule has 23 heavy (non-hydrogen) atoms. The van der Waals surface area contributed by atoms with E-state index in [0.717, 1.165) is 45.0 Å². The molecule has 0 radical (unpaired) electrons. The minimum atomic E-state index is -0.0942. The Morgan fingerprint density at radius 1 is 1.48 bits per heavy atom. The highest BCUT2D eigenvalue weighted by Gasteiger charge is 2.29. The Hall–Kier alpha value is -0.830. The van der Waals surface area contributed by atoms with E-state index in [1.165, 1.54) is 0 Å². The number of nitrogens with zero attached hydrogens (tertiary/aromatic N) is 3. The summed E-state index contributed by atoms with van der Waals surface area (Å²) in [5.74, 6) is 1.34. The molecule has 1 saturated heterocycles. The van der Waals surface area contributed by atoms with E-state index in [-0.39, 0.29) is 29.6 Å². The van der Waals surface area contributed by atoms with Gasteiger partial charge >= 0.3 is 0 Å². The van der Waals surface area contributed by atoms with Gasteiger partial charge in [-0.25, -0.2) is 0 Å². The van der Waals surface area contributed by atoms with Crippen molar-refractivity contribution in [2.24, 2.45) is 10.9 Å². The summed E-state index contributed by atoms with van der Waals surface area (Å²) in [7, 11) is 0. The normalized spacial score (nSPS) is 22.5. The predicted molar refractivity (Wildman–Crippen MR) is 104 cm³/mol. The van der Waals surface area contributed by atoms with Crippen molar-refractivity contribution in [1.29, 1.82) is 0 Å². The lowest BCUT2D eigenvalue weighted by molar-refractivity contribution is 0.0283. The quantitative estimate of drug-likeness (QED) is 0.392. The monoisotopic (exact) mass is 435 g/mol. The fraction of sp³-hybridized carbons (Fsp3) is 0.750. The number of rotatable bonds is 7. The molecule has 1 fully saturated rings. The van der Waals surface area contributed by atoms with Crippen LogP contribution in [-0.2, 0) is 11.3 Å². The van der Waals surface area contributed by atoms with E-state index in [2.05, 4.69) is 41.5 Å². The molecule has 2 unspecified atom stereocenters. The highest BCUT2D eigenvalue weighted by molar-refractivity contribution is 14.0. The predicted octanol–water partition coefficient (Wildman–Crippen LogP) is 2.26. The van der Waals surface area contributed by atoms with Crippen LogP contribution in [0.3, 0.4) is 0 Å². The number of ether oxygens (including phenoxy) is 1. The van der Waals surface area contributed by atoms with Gasteiger partial charge in [0.25, 0.3) is 0 Å². The van der Waals surface area contributed by atoms with Crippen LogP contribution in [0.2, 0.25) is 0 Å². The van der Waals surface area contributed by atoms with Gasteiger partial charge in [0, 0.05) is 38.6 Å². The van der Waals surface area contributed by atoms with Crippen LogP contribution in [0.1, 0.15) is 33.6 Å². The molecule has 2 heterocycles. The SMILES string of the molecule is CCNC(=NCC1(C)CCCO1)NCC(C)Cn1cccn1.I. The molecule has 0 aromatic carbocycles. The first-order valence-corrected chi connectivity index (χ1v) is 8.25. The van der Waals surface area contributed by atoms with Crippen LogP contribution in [0.15, 0.2) is 23.5 Å². The van der Waals surface area contributed by atoms with Gasteiger partial charge in [-0.1, -0.05) is 6.92 Å². The van der Waals surface area contributed by atoms with Gasteiger partial charge in [0.2, 0.25) is 0 Å². The molecule has 2 N–H and O–H groups in total. The molecule has 0 bridgehead atoms. The summed E-state index contributed by atoms with van der Waals surface area (Å²) in [6, 6.07) is 1.95. The number of hydrogen-bond acceptors (Lipinski definition) is 3. The first-order chi connectivity index (χ1) is 10.6. The molecule has 1 aliphatic rings. The maximum atomic E-state index is 5.79. The van der Waals surface area contributed by atoms with Gasteiger partial charge in [-0.2, -0.15) is 5.10 Å². The first-order valence-electron chi connectivity index (χ1n) is 8.25. The minimum Gasteiger partial charge on any atom is -0.373 e. The van der Waals surface area contributed by atoms with Crippen LogP contribution >= 0.6 is 24.0 Å². The van der Waals surface area contributed by atoms with Gasteiger partial charge in [-0.3, -0.25) is 9.67 Å². The number of hydrogen-bond donors (Lipinski definition) is 2. The largest absolute Gasteiger partial charge is 0.373 e. The molecule has 2 atom stereocenters. The molecule has 1 aromatic heterocycles. The summed E-state index contributed by atoms with van der Waals surface area (Å²) in [6.45, 7) is 10.6. The first kappa shape index (κ1) is 20.2. The zero-order valence-corrected chi connectivity index (χ0v) is 16.7. The summed E-state index contributed by atoms with van der Waals surface area (Å²) in [5, 5.41) is 11.0. The van der Waals surface area contributed by atoms with Gasteiger partial charge in [0.05, 0.1) is 12.1 Å². The second-order valence-electron chi connectivity index (χ2n) is 6.31. The number of aromatic nitrogens is 2. The molecule has 2 rings (SSSR count). The minimum absolute atomic E-state index is 0. The maximum absolute atomic E-state index is 5.79. The second-order valence-corrected chi connectivity index (χ2v) is 6.31. The van der Waals surface area contributed by atoms with Gasteiger partial charge in [-0.15, -0.1) is 24.0 Å². The third-order valence-corrected chi connectivity index (χ3v) is 3.89. The van der Waals surface area contributed by atoms with Crippen LogP contribution in [0.5, 0.6) is 0 Å². The van der Waals surface area contributed by atoms with Crippen LogP contribution in [-0.4, -0.2) is 47.6 Å². The number of guanidine groups is 1. The Kier molecular flexibility index (Phi) is 8.90. The number of nitrogens with one attached hydrogen (secondary N) is 2. The van der Waals surface area contributed by atoms with Crippen LogP contribution < -0.4 is 10.6 Å². The molecule has 0 saturated carbocycles. The van der Waals surface area contributed by atoms with Crippen molar-refractivity contribution >= 4 is 29.9 Å². The standard InChI is InChI=1S/C16H29N5O.HI/c1-4-17-15(19-13-16(3)7-5-10-22-16)18-11-14(2)12-21-9-6-8-20-21;/h6,8-9,14H,4-5,7,10-13H2,1-3H3,(H2,17,18,19);1H. The highest BCUT2D eigenvalue weighted by atomic mass is 127. The molecular weight excluding hydrogens is 405 g/mol. The average molecular weight is 435 g/mol. The van der Waals surface area contributed by atoms with Crippen LogP contribution in [0.25, 0.3) is 0 Å². The average Bonchev–Trinajstić information content (AvgIpc) is 3.14. The molecule has 6 nitrogen and oxygen atoms in total. The van der Waals surface area contributed by atoms with Gasteiger partial charge in [-0.05, 0) is 38.7 Å². The third-order valence-electron chi connectivity index (χ3n) is 3.89. The Morgan fingerprint density at radius 3 is 2.91 bits per heavy atom. The number of halogens is 1. The molecule has 132 valence electrons. The Balaban J connectivity index is 0.00000264. The molecule has 0 spiro atoms. The van der Waals surface area contributed by atoms with Gasteiger partial charge in [0.1, 0.15) is 0 Å². The van der Waals surface area contributed by atoms with E-state index < -0.39 is 0 Å². The molecule has 7 heteroatoms. The lowest BCUT2D eigenvalue weighted by atomic mass is 10.0. The smallest absolute Gasteiger partial charge is 0.191 e. The topological polar surface area (TPSA) is 63.5 Å². The fourth-order valence-electron chi connectivity index (χ4n) is 2.61. The van der Waals surface area contributed by atoms with Crippen LogP contribution in [0, 0.1) is 5.92 Å². The Morgan fingerprint density at radius 2 is 2.30 bits per heavy atom. The van der Waals surface area contributed by atoms with Crippen molar-refractivity contribution in [1.82, 2.24) is 20.4 Å². The number of aliphatic imine (C=N–C) groups is 1. The summed E-state index contributed by atoms with van der Waals surface area (Å²) < 4.78 is 7.75. The Labute approximate surface area is 156 Å². The van der Waals surface area contributed by atoms with Crippen molar-refractivity contribution in [3.05, 3.63) is 18.5 Å². The van der Waals surface area contributed by atoms with Crippen molar-refractivity contribution in [2.75, 3.05) is 26.2 Å². The van der Waals surface area contributed by atoms with Crippen molar-refractivity contribution < 1.29 is 4.74 Å². The highest BCUT2D eigenvalue weighted by Crippen LogP contribution is 2.24. The van der Waals surface area contributed by atoms with Crippen LogP contribution in [0.4, 0.5) is 0 Å². The van der Waals surface area contributed by atoms with E-state index in [1.54, 1.807) is 0 Å². The van der Waals surface area contributed by atoms with E-state index in [0.29, 0.717) is 12.5 Å². The van der Waals surface area contributed by atoms with Crippen molar-refractivity contribution in [3.63, 3.8) is 0 Å². The molecule has 0 amide bonds. The van der Waals surface area contributed by atoms with Crippen molar-refractivity contribution in [3.8, 4) is 0 Å². The summed E-state index contributed by atoms with van der Waals surface area (Å²) in [5.41, 5.74) is -0.0942. The van der Waals surface area contributed by atoms with E-state index in [4.69, 9.17) is 4.74 Å². The van der Waals surface area contributed by atoms with E-state index in [1.807, 2.05) is 23.1 Å². The second kappa shape index (κ2) is 10.1. The van der Waals surface area contributed by atoms with E-state index >= 15 is 0 Å². The molecule has 1 aliphatic heterocycles. The zero-order valence-electron chi connectivity index (χ0n) is 14.4. The van der Waals surface area contributed by atoms with Gasteiger partial charge in [0.15, 0.2) is 5.96 Å². The molecule has 0 aliphatic carbocycles. The van der Waals surface area contributed by atoms with Crippen molar-refractivity contribution in [2.45, 2.75) is 45.8 Å². The maximum Gasteiger partial charge on any atom is 0.191 e. The van der Waals surface area contributed by atoms with E-state index in [9.17, 15) is 0 Å². The molecular formula is C16H30IN5O. The lowest BCUT2D eigenvalue weighted by Gasteiger charge is -2.22. The zero-order chi connectivity index (χ0) is 15.8. The van der Waals surface area contributed by atoms with Gasteiger partial charge < -0.3 is 15.4 Å². The fourth-order valence-corrected chi connectivity index (χ4v) is 2.61. The lowest BCUT2D eigenvalue weighted by Crippen LogP contribution is -2.41.